The fourth-order valence-electron chi connectivity index (χ4n) is 1.10. The largest absolute Gasteiger partial charge is 0.481 e. The quantitative estimate of drug-likeness (QED) is 0.513. The highest BCUT2D eigenvalue weighted by Crippen LogP contribution is 2.04. The van der Waals surface area contributed by atoms with Crippen molar-refractivity contribution in [1.29, 1.82) is 0 Å². The number of rotatable bonds is 5. The van der Waals surface area contributed by atoms with Gasteiger partial charge in [0.2, 0.25) is 0 Å². The lowest BCUT2D eigenvalue weighted by molar-refractivity contribution is -0.873. The van der Waals surface area contributed by atoms with Gasteiger partial charge in [0, 0.05) is 11.0 Å². The minimum absolute atomic E-state index is 0.230. The summed E-state index contributed by atoms with van der Waals surface area (Å²) in [5, 5.41) is 8.66. The number of likely N-dealkylation sites (N-methyl/N-ethyl adjacent to an activating group) is 1. The molecule has 0 amide bonds. The van der Waals surface area contributed by atoms with Crippen LogP contribution in [0.1, 0.15) is 17.4 Å². The number of hydrogen-bond acceptors (Lipinski definition) is 3. The van der Waals surface area contributed by atoms with Crippen LogP contribution in [0.25, 0.3) is 0 Å². The minimum Gasteiger partial charge on any atom is -0.481 e. The Morgan fingerprint density at radius 3 is 2.43 bits per heavy atom. The number of aliphatic carboxylic acids is 1. The molecule has 0 aromatic rings. The molecule has 82 valence electrons. The van der Waals surface area contributed by atoms with E-state index in [2.05, 4.69) is 0 Å². The molecule has 0 aromatic heterocycles. The number of ether oxygens (including phenoxy) is 1. The molecule has 0 aliphatic heterocycles. The van der Waals surface area contributed by atoms with E-state index in [1.807, 2.05) is 0 Å². The number of quaternary nitrogens is 1. The second-order valence-corrected chi connectivity index (χ2v) is 4.10. The molecule has 0 spiro atoms. The lowest BCUT2D eigenvalue weighted by atomic mass is 10.2. The van der Waals surface area contributed by atoms with Crippen LogP contribution < -0.4 is 0 Å². The second kappa shape index (κ2) is 4.95. The van der Waals surface area contributed by atoms with E-state index in [0.717, 1.165) is 0 Å². The summed E-state index contributed by atoms with van der Waals surface area (Å²) in [7, 11) is 5.37. The molecule has 0 bridgehead atoms. The summed E-state index contributed by atoms with van der Waals surface area (Å²) in [5.74, 6) is -2.50. The Kier molecular flexibility index (Phi) is 2.91. The second-order valence-electron chi connectivity index (χ2n) is 4.10. The van der Waals surface area contributed by atoms with Gasteiger partial charge in [0.25, 0.3) is 0 Å². The monoisotopic (exact) mass is 207 g/mol. The van der Waals surface area contributed by atoms with Gasteiger partial charge in [-0.05, 0) is 0 Å². The molecule has 14 heavy (non-hydrogen) atoms. The Balaban J connectivity index is 4.60. The summed E-state index contributed by atoms with van der Waals surface area (Å²) in [6, 6.07) is 0. The molecule has 5 heteroatoms. The van der Waals surface area contributed by atoms with E-state index < -0.39 is 31.3 Å². The molecule has 0 saturated carbocycles. The molecule has 0 fully saturated rings. The summed E-state index contributed by atoms with van der Waals surface area (Å²) >= 11 is 0. The van der Waals surface area contributed by atoms with Crippen molar-refractivity contribution in [3.63, 3.8) is 0 Å². The summed E-state index contributed by atoms with van der Waals surface area (Å²) in [5.41, 5.74) is 0. The third-order valence-corrected chi connectivity index (χ3v) is 1.43. The lowest BCUT2D eigenvalue weighted by Gasteiger charge is -2.28. The number of carbonyl (C=O) groups is 2. The molecule has 1 atom stereocenters. The Labute approximate surface area is 88.1 Å². The average Bonchev–Trinajstić information content (AvgIpc) is 1.96. The van der Waals surface area contributed by atoms with Gasteiger partial charge in [-0.1, -0.05) is 0 Å². The van der Waals surface area contributed by atoms with Crippen LogP contribution in [-0.2, 0) is 14.3 Å². The number of carboxylic acids is 1. The molecule has 1 unspecified atom stereocenters. The highest BCUT2D eigenvalue weighted by molar-refractivity contribution is 5.69. The fourth-order valence-corrected chi connectivity index (χ4v) is 1.10. The fraction of sp³-hybridized carbons (Fsp3) is 0.778. The zero-order chi connectivity index (χ0) is 13.9. The number of carboxylic acid groups (broad SMARTS) is 1. The van der Waals surface area contributed by atoms with E-state index in [0.29, 0.717) is 4.48 Å². The van der Waals surface area contributed by atoms with Crippen LogP contribution in [0.5, 0.6) is 0 Å². The summed E-state index contributed by atoms with van der Waals surface area (Å²) in [6.07, 6.45) is -1.35. The highest BCUT2D eigenvalue weighted by Gasteiger charge is 2.23. The van der Waals surface area contributed by atoms with E-state index in [1.54, 1.807) is 21.1 Å². The number of nitrogens with zero attached hydrogens (tertiary/aromatic N) is 1. The molecule has 0 aliphatic rings. The van der Waals surface area contributed by atoms with Gasteiger partial charge in [-0.2, -0.15) is 0 Å². The minimum atomic E-state index is -2.86. The topological polar surface area (TPSA) is 63.6 Å². The van der Waals surface area contributed by atoms with Gasteiger partial charge in [-0.15, -0.1) is 0 Å². The van der Waals surface area contributed by atoms with Gasteiger partial charge in [-0.3, -0.25) is 9.59 Å². The molecule has 0 rings (SSSR count). The van der Waals surface area contributed by atoms with Crippen molar-refractivity contribution in [1.82, 2.24) is 0 Å². The molecular formula is C9H18NO4+. The van der Waals surface area contributed by atoms with E-state index in [1.165, 1.54) is 0 Å². The lowest BCUT2D eigenvalue weighted by Crippen LogP contribution is -2.43. The highest BCUT2D eigenvalue weighted by atomic mass is 16.5. The molecule has 0 heterocycles. The maximum Gasteiger partial charge on any atom is 0.307 e. The van der Waals surface area contributed by atoms with E-state index >= 15 is 0 Å². The summed E-state index contributed by atoms with van der Waals surface area (Å²) < 4.78 is 25.6. The van der Waals surface area contributed by atoms with Crippen LogP contribution in [-0.4, -0.2) is 55.3 Å². The predicted molar refractivity (Wildman–Crippen MR) is 50.7 cm³/mol. The van der Waals surface area contributed by atoms with Gasteiger partial charge in [0.1, 0.15) is 6.54 Å². The first-order valence-corrected chi connectivity index (χ1v) is 4.15. The summed E-state index contributed by atoms with van der Waals surface area (Å²) in [6.45, 7) is -2.63. The van der Waals surface area contributed by atoms with Crippen LogP contribution in [0.2, 0.25) is 0 Å². The number of carbonyl (C=O) groups excluding carboxylic acids is 1. The van der Waals surface area contributed by atoms with Crippen molar-refractivity contribution < 1.29 is 28.0 Å². The first-order chi connectivity index (χ1) is 7.42. The van der Waals surface area contributed by atoms with Crippen LogP contribution >= 0.6 is 0 Å². The SMILES string of the molecule is [2H]C([2H])([2H])C(=O)OC(CC(=O)O)C[N+](C)(C)C. The van der Waals surface area contributed by atoms with Gasteiger partial charge >= 0.3 is 11.9 Å². The number of esters is 1. The van der Waals surface area contributed by atoms with E-state index in [4.69, 9.17) is 14.0 Å². The van der Waals surface area contributed by atoms with Gasteiger partial charge in [0.05, 0.1) is 27.6 Å². The van der Waals surface area contributed by atoms with Crippen LogP contribution in [0.4, 0.5) is 0 Å². The Morgan fingerprint density at radius 2 is 2.07 bits per heavy atom. The number of hydrogen-bond donors (Lipinski definition) is 1. The van der Waals surface area contributed by atoms with Crippen molar-refractivity contribution in [2.75, 3.05) is 27.7 Å². The Bertz CT molecular complexity index is 296. The van der Waals surface area contributed by atoms with E-state index in [-0.39, 0.29) is 6.54 Å². The molecule has 0 aromatic carbocycles. The Morgan fingerprint density at radius 1 is 1.50 bits per heavy atom. The van der Waals surface area contributed by atoms with Crippen molar-refractivity contribution in [2.45, 2.75) is 19.4 Å². The van der Waals surface area contributed by atoms with Crippen LogP contribution in [0.3, 0.4) is 0 Å². The first-order valence-electron chi connectivity index (χ1n) is 5.65. The van der Waals surface area contributed by atoms with Crippen molar-refractivity contribution >= 4 is 11.9 Å². The molecule has 5 nitrogen and oxygen atoms in total. The maximum absolute atomic E-state index is 11.2. The van der Waals surface area contributed by atoms with Crippen molar-refractivity contribution in [2.24, 2.45) is 0 Å². The smallest absolute Gasteiger partial charge is 0.307 e. The third-order valence-electron chi connectivity index (χ3n) is 1.43. The zero-order valence-corrected chi connectivity index (χ0v) is 8.61. The third kappa shape index (κ3) is 7.54. The molecule has 0 radical (unpaired) electrons. The molecular weight excluding hydrogens is 186 g/mol. The van der Waals surface area contributed by atoms with Crippen molar-refractivity contribution in [3.8, 4) is 0 Å². The first kappa shape index (κ1) is 8.23. The maximum atomic E-state index is 11.2. The van der Waals surface area contributed by atoms with Crippen LogP contribution in [0, 0.1) is 0 Å². The standard InChI is InChI=1S/C9H17NO4/c1-7(11)14-8(5-9(12)13)6-10(2,3)4/h8H,5-6H2,1-4H3/p+1/i1D3. The van der Waals surface area contributed by atoms with Gasteiger partial charge in [0.15, 0.2) is 6.10 Å². The molecule has 1 N–H and O–H groups in total. The molecule has 0 aliphatic carbocycles. The average molecular weight is 207 g/mol. The van der Waals surface area contributed by atoms with Gasteiger partial charge < -0.3 is 14.3 Å². The zero-order valence-electron chi connectivity index (χ0n) is 11.6. The summed E-state index contributed by atoms with van der Waals surface area (Å²) in [4.78, 5) is 21.7. The van der Waals surface area contributed by atoms with E-state index in [9.17, 15) is 9.59 Å². The Hall–Kier alpha value is -1.10. The van der Waals surface area contributed by atoms with Gasteiger partial charge in [-0.25, -0.2) is 0 Å². The normalized spacial score (nSPS) is 17.5. The van der Waals surface area contributed by atoms with Crippen molar-refractivity contribution in [3.05, 3.63) is 0 Å². The van der Waals surface area contributed by atoms with Crippen LogP contribution in [0.15, 0.2) is 0 Å². The molecule has 0 saturated heterocycles. The predicted octanol–water partition coefficient (Wildman–Crippen LogP) is 0.0990.